The van der Waals surface area contributed by atoms with Gasteiger partial charge in [0.15, 0.2) is 12.4 Å². The van der Waals surface area contributed by atoms with Crippen molar-refractivity contribution in [3.05, 3.63) is 11.6 Å². The third-order valence-electron chi connectivity index (χ3n) is 9.23. The van der Waals surface area contributed by atoms with Gasteiger partial charge in [-0.3, -0.25) is 4.79 Å². The van der Waals surface area contributed by atoms with Crippen LogP contribution in [0.1, 0.15) is 78.6 Å². The molecule has 0 radical (unpaired) electrons. The fourth-order valence-corrected chi connectivity index (χ4v) is 6.08. The number of esters is 1. The molecule has 0 amide bonds. The summed E-state index contributed by atoms with van der Waals surface area (Å²) in [5, 5.41) is 69.6. The summed E-state index contributed by atoms with van der Waals surface area (Å²) in [7, 11) is 0. The van der Waals surface area contributed by atoms with E-state index in [9.17, 15) is 45.0 Å². The maximum atomic E-state index is 12.2. The van der Waals surface area contributed by atoms with Gasteiger partial charge in [0.2, 0.25) is 0 Å². The normalized spacial score (nSPS) is 35.6. The number of aliphatic hydroxyl groups is 5. The summed E-state index contributed by atoms with van der Waals surface area (Å²) in [6, 6.07) is 0. The average Bonchev–Trinajstić information content (AvgIpc) is 3.78. The van der Waals surface area contributed by atoms with Gasteiger partial charge in [0, 0.05) is 24.3 Å². The molecule has 13 atom stereocenters. The van der Waals surface area contributed by atoms with E-state index in [0.717, 1.165) is 25.7 Å². The molecule has 3 saturated heterocycles. The lowest BCUT2D eigenvalue weighted by molar-refractivity contribution is -0.306. The van der Waals surface area contributed by atoms with Crippen molar-refractivity contribution >= 4 is 17.9 Å². The molecule has 3 heterocycles. The second-order valence-corrected chi connectivity index (χ2v) is 13.1. The highest BCUT2D eigenvalue weighted by Crippen LogP contribution is 2.39. The van der Waals surface area contributed by atoms with Crippen LogP contribution >= 0.6 is 0 Å². The molecule has 3 aliphatic rings. The van der Waals surface area contributed by atoms with E-state index < -0.39 is 78.9 Å². The Morgan fingerprint density at radius 3 is 2.15 bits per heavy atom. The number of epoxide rings is 1. The molecule has 3 rings (SSSR count). The minimum absolute atomic E-state index is 0.169. The number of unbranched alkanes of at least 4 members (excludes halogenated alkanes) is 5. The summed E-state index contributed by atoms with van der Waals surface area (Å²) in [6.07, 6.45) is -5.46. The van der Waals surface area contributed by atoms with Crippen molar-refractivity contribution in [3.8, 4) is 0 Å². The van der Waals surface area contributed by atoms with Crippen molar-refractivity contribution in [1.29, 1.82) is 0 Å². The molecule has 0 aromatic heterocycles. The number of carbonyl (C=O) groups excluding carboxylic acids is 1. The third-order valence-corrected chi connectivity index (χ3v) is 9.23. The predicted molar refractivity (Wildman–Crippen MR) is 162 cm³/mol. The van der Waals surface area contributed by atoms with Crippen molar-refractivity contribution in [2.75, 3.05) is 13.2 Å². The quantitative estimate of drug-likeness (QED) is 0.0427. The van der Waals surface area contributed by atoms with Gasteiger partial charge in [-0.25, -0.2) is 9.59 Å². The highest BCUT2D eigenvalue weighted by molar-refractivity contribution is 5.82. The van der Waals surface area contributed by atoms with Crippen molar-refractivity contribution in [3.63, 3.8) is 0 Å². The Bertz CT molecular complexity index is 1050. The number of carboxylic acids is 2. The maximum Gasteiger partial charge on any atom is 0.335 e. The molecule has 5 unspecified atom stereocenters. The smallest absolute Gasteiger partial charge is 0.335 e. The van der Waals surface area contributed by atoms with Crippen LogP contribution in [0.3, 0.4) is 0 Å². The van der Waals surface area contributed by atoms with Crippen molar-refractivity contribution < 1.29 is 73.8 Å². The van der Waals surface area contributed by atoms with Crippen LogP contribution in [0.25, 0.3) is 0 Å². The molecule has 3 aliphatic heterocycles. The molecule has 15 nitrogen and oxygen atoms in total. The summed E-state index contributed by atoms with van der Waals surface area (Å²) in [5.41, 5.74) is 0.639. The van der Waals surface area contributed by atoms with E-state index in [2.05, 4.69) is 0 Å². The number of hydrogen-bond acceptors (Lipinski definition) is 13. The number of ether oxygens (including phenoxy) is 5. The first-order valence-electron chi connectivity index (χ1n) is 16.5. The first-order chi connectivity index (χ1) is 22.2. The van der Waals surface area contributed by atoms with Gasteiger partial charge >= 0.3 is 17.9 Å². The van der Waals surface area contributed by atoms with E-state index in [1.54, 1.807) is 13.8 Å². The molecular weight excluding hydrogens is 624 g/mol. The SMILES string of the molecule is C/C(=C\C(=O)OCCCCCCCCC(=O)O)C[C@@H]1OC[C@H](C[C@@H]2O[C@H]2[C@@H](C)[C@H](C)OC2OC(C(=O)O)C(O)C(O)C2O)[C@@H](O)[C@H]1O. The summed E-state index contributed by atoms with van der Waals surface area (Å²) in [5.74, 6) is -3.45. The van der Waals surface area contributed by atoms with E-state index in [0.29, 0.717) is 24.8 Å². The first kappa shape index (κ1) is 39.2. The van der Waals surface area contributed by atoms with Crippen molar-refractivity contribution in [1.82, 2.24) is 0 Å². The van der Waals surface area contributed by atoms with Gasteiger partial charge in [-0.1, -0.05) is 38.2 Å². The molecule has 0 aliphatic carbocycles. The van der Waals surface area contributed by atoms with Crippen molar-refractivity contribution in [2.45, 2.75) is 146 Å². The number of carboxylic acid groups (broad SMARTS) is 2. The van der Waals surface area contributed by atoms with Gasteiger partial charge in [0.1, 0.15) is 24.4 Å². The Labute approximate surface area is 274 Å². The second kappa shape index (κ2) is 18.5. The molecule has 0 aromatic rings. The molecule has 3 fully saturated rings. The Morgan fingerprint density at radius 1 is 0.830 bits per heavy atom. The van der Waals surface area contributed by atoms with Crippen LogP contribution in [-0.2, 0) is 38.1 Å². The minimum Gasteiger partial charge on any atom is -0.481 e. The zero-order valence-electron chi connectivity index (χ0n) is 27.3. The number of aliphatic carboxylic acids is 2. The third kappa shape index (κ3) is 11.7. The standard InChI is InChI=1S/C32H52O15/c1-16(13-23(35)43-11-9-7-5-4-6-8-10-22(33)34)12-20-25(37)24(36)19(15-44-20)14-21-29(46-21)17(2)18(3)45-32-28(40)26(38)27(39)30(47-32)31(41)42/h13,17-21,24-30,32,36-40H,4-12,14-15H2,1-3H3,(H,33,34)(H,41,42)/b16-13+/t17-,18-,19-,20-,21-,24+,25-,26?,27?,28?,29-,30?,32?/m0/s1. The zero-order chi connectivity index (χ0) is 34.8. The highest BCUT2D eigenvalue weighted by Gasteiger charge is 2.51. The number of rotatable bonds is 19. The number of hydrogen-bond donors (Lipinski definition) is 7. The summed E-state index contributed by atoms with van der Waals surface area (Å²) < 4.78 is 27.9. The van der Waals surface area contributed by atoms with E-state index >= 15 is 0 Å². The van der Waals surface area contributed by atoms with E-state index in [4.69, 9.17) is 28.8 Å². The van der Waals surface area contributed by atoms with Gasteiger partial charge in [0.05, 0.1) is 43.7 Å². The molecule has 0 bridgehead atoms. The van der Waals surface area contributed by atoms with Crippen LogP contribution in [0.2, 0.25) is 0 Å². The Morgan fingerprint density at radius 2 is 1.49 bits per heavy atom. The molecule has 0 spiro atoms. The van der Waals surface area contributed by atoms with Gasteiger partial charge < -0.3 is 59.4 Å². The van der Waals surface area contributed by atoms with Crippen LogP contribution in [0.15, 0.2) is 11.6 Å². The maximum absolute atomic E-state index is 12.2. The lowest BCUT2D eigenvalue weighted by Crippen LogP contribution is -2.61. The lowest BCUT2D eigenvalue weighted by atomic mass is 9.85. The summed E-state index contributed by atoms with van der Waals surface area (Å²) in [4.78, 5) is 34.1. The fraction of sp³-hybridized carbons (Fsp3) is 0.844. The molecule has 47 heavy (non-hydrogen) atoms. The monoisotopic (exact) mass is 676 g/mol. The van der Waals surface area contributed by atoms with Gasteiger partial charge in [-0.15, -0.1) is 0 Å². The van der Waals surface area contributed by atoms with Crippen LogP contribution in [0.5, 0.6) is 0 Å². The Kier molecular flexibility index (Phi) is 15.5. The van der Waals surface area contributed by atoms with Gasteiger partial charge in [-0.05, 0) is 39.5 Å². The first-order valence-corrected chi connectivity index (χ1v) is 16.5. The van der Waals surface area contributed by atoms with E-state index in [-0.39, 0.29) is 44.2 Å². The number of carbonyl (C=O) groups is 3. The van der Waals surface area contributed by atoms with Crippen LogP contribution < -0.4 is 0 Å². The zero-order valence-corrected chi connectivity index (χ0v) is 27.3. The lowest BCUT2D eigenvalue weighted by Gasteiger charge is -2.40. The predicted octanol–water partition coefficient (Wildman–Crippen LogP) is 0.509. The molecule has 15 heteroatoms. The van der Waals surface area contributed by atoms with E-state index in [1.807, 2.05) is 6.92 Å². The topological polar surface area (TPSA) is 242 Å². The largest absolute Gasteiger partial charge is 0.481 e. The van der Waals surface area contributed by atoms with Gasteiger partial charge in [-0.2, -0.15) is 0 Å². The molecular formula is C32H52O15. The number of aliphatic hydroxyl groups excluding tert-OH is 5. The minimum atomic E-state index is -1.82. The Balaban J connectivity index is 1.35. The Hall–Kier alpha value is -2.21. The second-order valence-electron chi connectivity index (χ2n) is 13.1. The van der Waals surface area contributed by atoms with Crippen molar-refractivity contribution in [2.24, 2.45) is 11.8 Å². The summed E-state index contributed by atoms with van der Waals surface area (Å²) >= 11 is 0. The molecule has 270 valence electrons. The highest BCUT2D eigenvalue weighted by atomic mass is 16.7. The molecule has 0 aromatic carbocycles. The fourth-order valence-electron chi connectivity index (χ4n) is 6.08. The summed E-state index contributed by atoms with van der Waals surface area (Å²) in [6.45, 7) is 5.69. The van der Waals surface area contributed by atoms with Crippen LogP contribution in [0, 0.1) is 11.8 Å². The van der Waals surface area contributed by atoms with Gasteiger partial charge in [0.25, 0.3) is 0 Å². The van der Waals surface area contributed by atoms with Crippen LogP contribution in [0.4, 0.5) is 0 Å². The average molecular weight is 677 g/mol. The van der Waals surface area contributed by atoms with E-state index in [1.165, 1.54) is 6.08 Å². The molecule has 0 saturated carbocycles. The molecule has 7 N–H and O–H groups in total. The van der Waals surface area contributed by atoms with Crippen LogP contribution in [-0.4, -0.2) is 134 Å².